The number of phenolic OH excluding ortho intramolecular Hbond substituents is 1. The second-order valence-electron chi connectivity index (χ2n) is 3.98. The van der Waals surface area contributed by atoms with Crippen LogP contribution >= 0.6 is 0 Å². The summed E-state index contributed by atoms with van der Waals surface area (Å²) in [6.07, 6.45) is 0. The number of fused-ring (bicyclic) bond motifs is 1. The molecule has 0 radical (unpaired) electrons. The number of carbonyl (C=O) groups is 1. The normalized spacial score (nSPS) is 10.7. The lowest BCUT2D eigenvalue weighted by Gasteiger charge is -1.97. The summed E-state index contributed by atoms with van der Waals surface area (Å²) in [5.41, 5.74) is 1.98. The summed E-state index contributed by atoms with van der Waals surface area (Å²) in [5.74, 6) is 0.112. The maximum atomic E-state index is 12.2. The Morgan fingerprint density at radius 3 is 2.72 bits per heavy atom. The van der Waals surface area contributed by atoms with Gasteiger partial charge in [-0.1, -0.05) is 24.3 Å². The highest BCUT2D eigenvalue weighted by Gasteiger charge is 2.13. The molecule has 88 valence electrons. The van der Waals surface area contributed by atoms with Gasteiger partial charge in [0.2, 0.25) is 5.78 Å². The number of aromatic amines is 1. The number of H-pyrrole nitrogens is 1. The minimum atomic E-state index is -0.234. The zero-order valence-corrected chi connectivity index (χ0v) is 9.42. The predicted molar refractivity (Wildman–Crippen MR) is 67.6 cm³/mol. The van der Waals surface area contributed by atoms with Crippen molar-refractivity contribution in [1.82, 2.24) is 9.97 Å². The first-order valence-corrected chi connectivity index (χ1v) is 5.52. The molecular weight excluding hydrogens is 228 g/mol. The highest BCUT2D eigenvalue weighted by atomic mass is 16.3. The number of aromatic hydroxyl groups is 1. The van der Waals surface area contributed by atoms with Gasteiger partial charge in [0, 0.05) is 5.56 Å². The summed E-state index contributed by atoms with van der Waals surface area (Å²) in [6, 6.07) is 13.7. The highest BCUT2D eigenvalue weighted by Crippen LogP contribution is 2.16. The van der Waals surface area contributed by atoms with Crippen molar-refractivity contribution in [2.45, 2.75) is 0 Å². The van der Waals surface area contributed by atoms with Gasteiger partial charge >= 0.3 is 0 Å². The number of para-hydroxylation sites is 2. The Bertz CT molecular complexity index is 698. The van der Waals surface area contributed by atoms with Crippen LogP contribution in [0.2, 0.25) is 0 Å². The Balaban J connectivity index is 2.06. The Hall–Kier alpha value is -2.62. The Morgan fingerprint density at radius 2 is 1.94 bits per heavy atom. The number of benzene rings is 2. The van der Waals surface area contributed by atoms with Gasteiger partial charge in [0.1, 0.15) is 5.75 Å². The molecule has 0 aliphatic carbocycles. The van der Waals surface area contributed by atoms with Crippen LogP contribution in [-0.4, -0.2) is 20.9 Å². The number of imidazole rings is 1. The van der Waals surface area contributed by atoms with Gasteiger partial charge in [-0.05, 0) is 24.3 Å². The van der Waals surface area contributed by atoms with Gasteiger partial charge in [0.15, 0.2) is 5.82 Å². The average molecular weight is 238 g/mol. The fourth-order valence-electron chi connectivity index (χ4n) is 1.84. The molecule has 0 atom stereocenters. The maximum absolute atomic E-state index is 12.2. The van der Waals surface area contributed by atoms with E-state index in [9.17, 15) is 9.90 Å². The van der Waals surface area contributed by atoms with Crippen LogP contribution in [0.5, 0.6) is 5.75 Å². The van der Waals surface area contributed by atoms with Gasteiger partial charge in [0.05, 0.1) is 11.0 Å². The van der Waals surface area contributed by atoms with Crippen molar-refractivity contribution >= 4 is 16.8 Å². The van der Waals surface area contributed by atoms with Crippen molar-refractivity contribution in [3.05, 3.63) is 59.9 Å². The third-order valence-electron chi connectivity index (χ3n) is 2.71. The predicted octanol–water partition coefficient (Wildman–Crippen LogP) is 2.50. The highest BCUT2D eigenvalue weighted by molar-refractivity contribution is 6.08. The number of aromatic nitrogens is 2. The molecule has 4 nitrogen and oxygen atoms in total. The first-order valence-electron chi connectivity index (χ1n) is 5.52. The minimum absolute atomic E-state index is 0.0666. The van der Waals surface area contributed by atoms with E-state index in [1.807, 2.05) is 24.3 Å². The molecule has 0 aliphatic heterocycles. The van der Waals surface area contributed by atoms with Crippen LogP contribution in [0.1, 0.15) is 16.2 Å². The molecule has 18 heavy (non-hydrogen) atoms. The molecule has 2 N–H and O–H groups in total. The number of nitrogens with one attached hydrogen (secondary N) is 1. The largest absolute Gasteiger partial charge is 0.508 e. The standard InChI is InChI=1S/C14H10N2O2/c17-10-5-3-4-9(8-10)13(18)14-15-11-6-1-2-7-12(11)16-14/h1-8,17H,(H,15,16). The van der Waals surface area contributed by atoms with Crippen LogP contribution in [0.4, 0.5) is 0 Å². The zero-order chi connectivity index (χ0) is 12.5. The number of carbonyl (C=O) groups excluding carboxylic acids is 1. The van der Waals surface area contributed by atoms with Crippen LogP contribution < -0.4 is 0 Å². The number of phenols is 1. The van der Waals surface area contributed by atoms with E-state index in [-0.39, 0.29) is 17.4 Å². The van der Waals surface area contributed by atoms with E-state index in [1.54, 1.807) is 12.1 Å². The molecule has 4 heteroatoms. The lowest BCUT2D eigenvalue weighted by molar-refractivity contribution is 0.103. The van der Waals surface area contributed by atoms with E-state index in [1.165, 1.54) is 12.1 Å². The van der Waals surface area contributed by atoms with E-state index in [2.05, 4.69) is 9.97 Å². The van der Waals surface area contributed by atoms with Crippen LogP contribution in [0.25, 0.3) is 11.0 Å². The molecule has 0 saturated heterocycles. The van der Waals surface area contributed by atoms with Crippen molar-refractivity contribution in [3.8, 4) is 5.75 Å². The van der Waals surface area contributed by atoms with E-state index in [0.29, 0.717) is 5.56 Å². The minimum Gasteiger partial charge on any atom is -0.508 e. The number of hydrogen-bond donors (Lipinski definition) is 2. The Kier molecular flexibility index (Phi) is 2.34. The van der Waals surface area contributed by atoms with E-state index >= 15 is 0 Å². The van der Waals surface area contributed by atoms with Gasteiger partial charge in [0.25, 0.3) is 0 Å². The molecule has 0 unspecified atom stereocenters. The zero-order valence-electron chi connectivity index (χ0n) is 9.42. The Labute approximate surface area is 103 Å². The fraction of sp³-hybridized carbons (Fsp3) is 0. The number of rotatable bonds is 2. The summed E-state index contributed by atoms with van der Waals surface area (Å²) < 4.78 is 0. The van der Waals surface area contributed by atoms with Crippen molar-refractivity contribution in [1.29, 1.82) is 0 Å². The maximum Gasteiger partial charge on any atom is 0.228 e. The first-order chi connectivity index (χ1) is 8.74. The van der Waals surface area contributed by atoms with Crippen LogP contribution in [0, 0.1) is 0 Å². The summed E-state index contributed by atoms with van der Waals surface area (Å²) in [7, 11) is 0. The summed E-state index contributed by atoms with van der Waals surface area (Å²) in [6.45, 7) is 0. The van der Waals surface area contributed by atoms with Crippen molar-refractivity contribution in [3.63, 3.8) is 0 Å². The molecule has 1 heterocycles. The molecule has 0 saturated carbocycles. The van der Waals surface area contributed by atoms with Gasteiger partial charge in [-0.25, -0.2) is 4.98 Å². The molecule has 0 spiro atoms. The topological polar surface area (TPSA) is 66.0 Å². The number of hydrogen-bond acceptors (Lipinski definition) is 3. The number of ketones is 1. The van der Waals surface area contributed by atoms with Gasteiger partial charge in [-0.2, -0.15) is 0 Å². The van der Waals surface area contributed by atoms with Crippen molar-refractivity contribution < 1.29 is 9.90 Å². The SMILES string of the molecule is O=C(c1cccc(O)c1)c1nc2ccccc2[nH]1. The third kappa shape index (κ3) is 1.73. The van der Waals surface area contributed by atoms with Crippen molar-refractivity contribution in [2.75, 3.05) is 0 Å². The lowest BCUT2D eigenvalue weighted by Crippen LogP contribution is -2.03. The first kappa shape index (κ1) is 10.5. The molecule has 0 amide bonds. The Morgan fingerprint density at radius 1 is 1.11 bits per heavy atom. The van der Waals surface area contributed by atoms with E-state index in [0.717, 1.165) is 11.0 Å². The summed E-state index contributed by atoms with van der Waals surface area (Å²) >= 11 is 0. The molecule has 0 fully saturated rings. The molecular formula is C14H10N2O2. The van der Waals surface area contributed by atoms with Crippen LogP contribution in [0.15, 0.2) is 48.5 Å². The van der Waals surface area contributed by atoms with Gasteiger partial charge in [-0.15, -0.1) is 0 Å². The second-order valence-corrected chi connectivity index (χ2v) is 3.98. The van der Waals surface area contributed by atoms with Gasteiger partial charge < -0.3 is 10.1 Å². The molecule has 1 aromatic heterocycles. The lowest BCUT2D eigenvalue weighted by atomic mass is 10.1. The monoisotopic (exact) mass is 238 g/mol. The smallest absolute Gasteiger partial charge is 0.228 e. The molecule has 0 bridgehead atoms. The van der Waals surface area contributed by atoms with E-state index in [4.69, 9.17) is 0 Å². The van der Waals surface area contributed by atoms with Crippen LogP contribution in [-0.2, 0) is 0 Å². The average Bonchev–Trinajstić information content (AvgIpc) is 2.81. The van der Waals surface area contributed by atoms with Crippen molar-refractivity contribution in [2.24, 2.45) is 0 Å². The fourth-order valence-corrected chi connectivity index (χ4v) is 1.84. The quantitative estimate of drug-likeness (QED) is 0.674. The van der Waals surface area contributed by atoms with E-state index < -0.39 is 0 Å². The molecule has 3 rings (SSSR count). The summed E-state index contributed by atoms with van der Waals surface area (Å²) in [4.78, 5) is 19.4. The summed E-state index contributed by atoms with van der Waals surface area (Å²) in [5, 5.41) is 9.37. The van der Waals surface area contributed by atoms with Crippen LogP contribution in [0.3, 0.4) is 0 Å². The molecule has 2 aromatic carbocycles. The third-order valence-corrected chi connectivity index (χ3v) is 2.71. The second kappa shape index (κ2) is 4.00. The molecule has 3 aromatic rings. The number of nitrogens with zero attached hydrogens (tertiary/aromatic N) is 1. The van der Waals surface area contributed by atoms with Gasteiger partial charge in [-0.3, -0.25) is 4.79 Å². The molecule has 0 aliphatic rings.